The number of para-hydroxylation sites is 2. The molecule has 0 bridgehead atoms. The lowest BCUT2D eigenvalue weighted by atomic mass is 10.1. The van der Waals surface area contributed by atoms with Gasteiger partial charge in [-0.2, -0.15) is 0 Å². The summed E-state index contributed by atoms with van der Waals surface area (Å²) in [6.07, 6.45) is 0. The van der Waals surface area contributed by atoms with E-state index in [1.165, 1.54) is 23.9 Å². The number of hydroxylamine groups is 2. The highest BCUT2D eigenvalue weighted by Gasteiger charge is 2.38. The zero-order valence-electron chi connectivity index (χ0n) is 14.4. The van der Waals surface area contributed by atoms with Crippen LogP contribution in [0.2, 0.25) is 0 Å². The summed E-state index contributed by atoms with van der Waals surface area (Å²) >= 11 is 1.20. The van der Waals surface area contributed by atoms with Gasteiger partial charge >= 0.3 is 5.97 Å². The van der Waals surface area contributed by atoms with Gasteiger partial charge < -0.3 is 9.40 Å². The summed E-state index contributed by atoms with van der Waals surface area (Å²) in [6.45, 7) is 2.70. The van der Waals surface area contributed by atoms with Crippen molar-refractivity contribution >= 4 is 40.6 Å². The molecule has 0 saturated carbocycles. The average molecular weight is 381 g/mol. The number of nitrogens with zero attached hydrogens (tertiary/aromatic N) is 3. The molecule has 1 aliphatic rings. The number of carbonyl (C=O) groups excluding carboxylic acids is 3. The number of imide groups is 1. The van der Waals surface area contributed by atoms with E-state index < -0.39 is 17.8 Å². The molecule has 0 unspecified atom stereocenters. The van der Waals surface area contributed by atoms with Crippen LogP contribution in [0.25, 0.3) is 11.0 Å². The summed E-state index contributed by atoms with van der Waals surface area (Å²) < 4.78 is 2.00. The average Bonchev–Trinajstić information content (AvgIpc) is 3.17. The van der Waals surface area contributed by atoms with Crippen LogP contribution in [0.15, 0.2) is 53.7 Å². The van der Waals surface area contributed by atoms with Gasteiger partial charge in [0, 0.05) is 6.54 Å². The first-order chi connectivity index (χ1) is 13.1. The Morgan fingerprint density at radius 2 is 1.67 bits per heavy atom. The molecule has 2 aromatic carbocycles. The minimum absolute atomic E-state index is 0.0727. The molecule has 4 rings (SSSR count). The van der Waals surface area contributed by atoms with Gasteiger partial charge in [-0.15, -0.1) is 0 Å². The maximum atomic E-state index is 12.2. The minimum atomic E-state index is -0.691. The van der Waals surface area contributed by atoms with Crippen LogP contribution in [0, 0.1) is 0 Å². The van der Waals surface area contributed by atoms with Crippen molar-refractivity contribution in [3.63, 3.8) is 0 Å². The number of benzene rings is 2. The summed E-state index contributed by atoms with van der Waals surface area (Å²) in [4.78, 5) is 46.2. The number of imidazole rings is 1. The first-order valence-electron chi connectivity index (χ1n) is 8.37. The van der Waals surface area contributed by atoms with Crippen molar-refractivity contribution in [2.75, 3.05) is 5.75 Å². The van der Waals surface area contributed by atoms with Crippen LogP contribution in [-0.2, 0) is 16.2 Å². The summed E-state index contributed by atoms with van der Waals surface area (Å²) in [5, 5.41) is 1.20. The molecule has 0 spiro atoms. The van der Waals surface area contributed by atoms with E-state index in [4.69, 9.17) is 4.84 Å². The standard InChI is InChI=1S/C19H15N3O4S/c1-2-21-15-10-6-5-9-14(15)20-19(21)27-11-16(23)26-22-17(24)12-7-3-4-8-13(12)18(22)25/h3-10H,2,11H2,1H3. The summed E-state index contributed by atoms with van der Waals surface area (Å²) in [7, 11) is 0. The second-order valence-corrected chi connectivity index (χ2v) is 6.77. The zero-order valence-corrected chi connectivity index (χ0v) is 15.2. The Labute approximate surface area is 158 Å². The Balaban J connectivity index is 1.46. The Hall–Kier alpha value is -3.13. The number of hydrogen-bond donors (Lipinski definition) is 0. The quantitative estimate of drug-likeness (QED) is 0.499. The molecule has 0 saturated heterocycles. The third-order valence-electron chi connectivity index (χ3n) is 4.20. The second-order valence-electron chi connectivity index (χ2n) is 5.83. The van der Waals surface area contributed by atoms with Gasteiger partial charge in [0.05, 0.1) is 22.2 Å². The molecule has 3 aromatic rings. The van der Waals surface area contributed by atoms with Crippen LogP contribution >= 0.6 is 11.8 Å². The molecule has 7 nitrogen and oxygen atoms in total. The van der Waals surface area contributed by atoms with Crippen LogP contribution < -0.4 is 0 Å². The number of thioether (sulfide) groups is 1. The van der Waals surface area contributed by atoms with E-state index in [2.05, 4.69) is 4.98 Å². The van der Waals surface area contributed by atoms with Gasteiger partial charge in [-0.25, -0.2) is 9.78 Å². The second kappa shape index (κ2) is 6.88. The first-order valence-corrected chi connectivity index (χ1v) is 9.35. The van der Waals surface area contributed by atoms with Crippen molar-refractivity contribution in [1.82, 2.24) is 14.6 Å². The van der Waals surface area contributed by atoms with Crippen molar-refractivity contribution in [2.24, 2.45) is 0 Å². The summed E-state index contributed by atoms with van der Waals surface area (Å²) in [6, 6.07) is 14.1. The number of aromatic nitrogens is 2. The SMILES string of the molecule is CCn1c(SCC(=O)ON2C(=O)c3ccccc3C2=O)nc2ccccc21. The lowest BCUT2D eigenvalue weighted by Crippen LogP contribution is -2.33. The van der Waals surface area contributed by atoms with Crippen molar-refractivity contribution in [3.05, 3.63) is 59.7 Å². The third-order valence-corrected chi connectivity index (χ3v) is 5.15. The van der Waals surface area contributed by atoms with Crippen LogP contribution in [-0.4, -0.2) is 38.2 Å². The Morgan fingerprint density at radius 3 is 2.33 bits per heavy atom. The first kappa shape index (κ1) is 17.3. The predicted octanol–water partition coefficient (Wildman–Crippen LogP) is 2.90. The van der Waals surface area contributed by atoms with Gasteiger partial charge in [0.15, 0.2) is 5.16 Å². The van der Waals surface area contributed by atoms with Crippen LogP contribution in [0.1, 0.15) is 27.6 Å². The van der Waals surface area contributed by atoms with Crippen molar-refractivity contribution < 1.29 is 19.2 Å². The Morgan fingerprint density at radius 1 is 1.04 bits per heavy atom. The van der Waals surface area contributed by atoms with Gasteiger partial charge in [0.25, 0.3) is 11.8 Å². The van der Waals surface area contributed by atoms with E-state index in [1.54, 1.807) is 12.1 Å². The number of aryl methyl sites for hydroxylation is 1. The van der Waals surface area contributed by atoms with Crippen LogP contribution in [0.4, 0.5) is 0 Å². The monoisotopic (exact) mass is 381 g/mol. The van der Waals surface area contributed by atoms with Crippen LogP contribution in [0.5, 0.6) is 0 Å². The molecule has 136 valence electrons. The van der Waals surface area contributed by atoms with E-state index in [1.807, 2.05) is 35.8 Å². The van der Waals surface area contributed by atoms with Gasteiger partial charge in [-0.05, 0) is 31.2 Å². The minimum Gasteiger partial charge on any atom is -0.329 e. The lowest BCUT2D eigenvalue weighted by molar-refractivity contribution is -0.165. The molecule has 2 amide bonds. The molecule has 0 atom stereocenters. The fourth-order valence-corrected chi connectivity index (χ4v) is 3.82. The topological polar surface area (TPSA) is 81.5 Å². The van der Waals surface area contributed by atoms with E-state index in [0.29, 0.717) is 16.8 Å². The van der Waals surface area contributed by atoms with Crippen molar-refractivity contribution in [1.29, 1.82) is 0 Å². The maximum Gasteiger partial charge on any atom is 0.343 e. The molecule has 2 heterocycles. The van der Waals surface area contributed by atoms with Gasteiger partial charge in [0.2, 0.25) is 0 Å². The molecule has 27 heavy (non-hydrogen) atoms. The number of rotatable bonds is 5. The molecule has 8 heteroatoms. The molecule has 0 radical (unpaired) electrons. The van der Waals surface area contributed by atoms with Crippen molar-refractivity contribution in [2.45, 2.75) is 18.6 Å². The largest absolute Gasteiger partial charge is 0.343 e. The zero-order chi connectivity index (χ0) is 19.0. The van der Waals surface area contributed by atoms with Gasteiger partial charge in [-0.1, -0.05) is 41.1 Å². The van der Waals surface area contributed by atoms with E-state index in [9.17, 15) is 14.4 Å². The fourth-order valence-electron chi connectivity index (χ4n) is 2.97. The molecule has 1 aliphatic heterocycles. The van der Waals surface area contributed by atoms with E-state index in [0.717, 1.165) is 11.0 Å². The van der Waals surface area contributed by atoms with E-state index >= 15 is 0 Å². The van der Waals surface area contributed by atoms with Gasteiger partial charge in [-0.3, -0.25) is 9.59 Å². The molecular weight excluding hydrogens is 366 g/mol. The maximum absolute atomic E-state index is 12.2. The summed E-state index contributed by atoms with van der Waals surface area (Å²) in [5.74, 6) is -2.02. The molecule has 0 fully saturated rings. The fraction of sp³-hybridized carbons (Fsp3) is 0.158. The number of fused-ring (bicyclic) bond motifs is 2. The highest BCUT2D eigenvalue weighted by molar-refractivity contribution is 7.99. The third kappa shape index (κ3) is 2.97. The highest BCUT2D eigenvalue weighted by Crippen LogP contribution is 2.26. The summed E-state index contributed by atoms with van der Waals surface area (Å²) in [5.41, 5.74) is 2.29. The number of carbonyl (C=O) groups is 3. The molecule has 1 aromatic heterocycles. The van der Waals surface area contributed by atoms with Crippen LogP contribution in [0.3, 0.4) is 0 Å². The number of hydrogen-bond acceptors (Lipinski definition) is 6. The van der Waals surface area contributed by atoms with E-state index in [-0.39, 0.29) is 16.9 Å². The number of amides is 2. The normalized spacial score (nSPS) is 13.3. The molecule has 0 N–H and O–H groups in total. The van der Waals surface area contributed by atoms with Gasteiger partial charge in [0.1, 0.15) is 5.75 Å². The van der Waals surface area contributed by atoms with Crippen molar-refractivity contribution in [3.8, 4) is 0 Å². The smallest absolute Gasteiger partial charge is 0.329 e. The molecule has 0 aliphatic carbocycles. The highest BCUT2D eigenvalue weighted by atomic mass is 32.2. The lowest BCUT2D eigenvalue weighted by Gasteiger charge is -2.12. The molecular formula is C19H15N3O4S. The Kier molecular flexibility index (Phi) is 4.41. The Bertz CT molecular complexity index is 1040. The predicted molar refractivity (Wildman–Crippen MR) is 99.2 cm³/mol.